The number of H-pyrrole nitrogens is 1. The highest BCUT2D eigenvalue weighted by molar-refractivity contribution is 6.00. The summed E-state index contributed by atoms with van der Waals surface area (Å²) in [6.45, 7) is 3.69. The Kier molecular flexibility index (Phi) is 5.00. The number of nitrogens with two attached hydrogens (primary N) is 1. The quantitative estimate of drug-likeness (QED) is 0.425. The zero-order valence-corrected chi connectivity index (χ0v) is 18.9. The molecule has 2 heterocycles. The molecule has 0 saturated carbocycles. The highest BCUT2D eigenvalue weighted by Gasteiger charge is 2.25. The second kappa shape index (κ2) is 7.90. The number of benzene rings is 3. The Bertz CT molecular complexity index is 1720. The van der Waals surface area contributed by atoms with E-state index in [4.69, 9.17) is 5.73 Å². The molecule has 3 aromatic carbocycles. The number of rotatable bonds is 3. The van der Waals surface area contributed by atoms with Gasteiger partial charge >= 0.3 is 0 Å². The van der Waals surface area contributed by atoms with Gasteiger partial charge in [0, 0.05) is 29.9 Å². The fraction of sp³-hybridized carbons (Fsp3) is 0.154. The number of aromatic nitrogens is 4. The average Bonchev–Trinajstić information content (AvgIpc) is 3.22. The van der Waals surface area contributed by atoms with Gasteiger partial charge in [0.1, 0.15) is 11.9 Å². The fourth-order valence-electron chi connectivity index (χ4n) is 4.72. The summed E-state index contributed by atoms with van der Waals surface area (Å²) in [5.74, 6) is -0.460. The van der Waals surface area contributed by atoms with Crippen molar-refractivity contribution in [3.63, 3.8) is 0 Å². The number of fused-ring (bicyclic) bond motifs is 2. The minimum absolute atomic E-state index is 0.146. The molecule has 0 radical (unpaired) electrons. The molecule has 0 atom stereocenters. The first-order valence-corrected chi connectivity index (χ1v) is 10.7. The number of hydrogen-bond donors (Lipinski definition) is 2. The predicted octanol–water partition coefficient (Wildman–Crippen LogP) is 4.23. The van der Waals surface area contributed by atoms with Crippen molar-refractivity contribution in [1.82, 2.24) is 20.0 Å². The van der Waals surface area contributed by atoms with E-state index in [1.54, 1.807) is 24.9 Å². The van der Waals surface area contributed by atoms with Crippen LogP contribution in [0.25, 0.3) is 43.9 Å². The number of aryl methyl sites for hydroxylation is 3. The van der Waals surface area contributed by atoms with Gasteiger partial charge in [-0.2, -0.15) is 15.5 Å². The van der Waals surface area contributed by atoms with Crippen molar-refractivity contribution in [2.45, 2.75) is 20.4 Å². The SMILES string of the molecule is Cc1c(F)c(-c2c(-c3cc(C)c4c(=O)[nH]nc(CN)c4c3)cnn2C)c(C#N)c2ccccc12. The second-order valence-corrected chi connectivity index (χ2v) is 8.30. The minimum Gasteiger partial charge on any atom is -0.325 e. The van der Waals surface area contributed by atoms with E-state index in [-0.39, 0.29) is 23.2 Å². The minimum atomic E-state index is -0.460. The summed E-state index contributed by atoms with van der Waals surface area (Å²) in [4.78, 5) is 12.4. The third-order valence-corrected chi connectivity index (χ3v) is 6.36. The molecule has 0 saturated heterocycles. The van der Waals surface area contributed by atoms with Crippen LogP contribution < -0.4 is 11.3 Å². The summed E-state index contributed by atoms with van der Waals surface area (Å²) in [5, 5.41) is 23.6. The first-order chi connectivity index (χ1) is 16.4. The maximum Gasteiger partial charge on any atom is 0.272 e. The summed E-state index contributed by atoms with van der Waals surface area (Å²) >= 11 is 0. The second-order valence-electron chi connectivity index (χ2n) is 8.30. The molecule has 0 aliphatic carbocycles. The number of aromatic amines is 1. The van der Waals surface area contributed by atoms with Crippen molar-refractivity contribution < 1.29 is 4.39 Å². The molecule has 0 aliphatic heterocycles. The topological polar surface area (TPSA) is 113 Å². The summed E-state index contributed by atoms with van der Waals surface area (Å²) in [6, 6.07) is 13.2. The van der Waals surface area contributed by atoms with Gasteiger partial charge < -0.3 is 5.73 Å². The molecule has 8 heteroatoms. The van der Waals surface area contributed by atoms with Crippen LogP contribution in [0.5, 0.6) is 0 Å². The van der Waals surface area contributed by atoms with Gasteiger partial charge in [0.15, 0.2) is 0 Å². The van der Waals surface area contributed by atoms with Gasteiger partial charge in [-0.15, -0.1) is 0 Å². The molecule has 168 valence electrons. The average molecular weight is 452 g/mol. The number of halogens is 1. The van der Waals surface area contributed by atoms with E-state index < -0.39 is 5.82 Å². The lowest BCUT2D eigenvalue weighted by molar-refractivity contribution is 0.621. The maximum absolute atomic E-state index is 15.9. The van der Waals surface area contributed by atoms with Gasteiger partial charge in [-0.3, -0.25) is 9.48 Å². The van der Waals surface area contributed by atoms with E-state index in [9.17, 15) is 10.1 Å². The Labute approximate surface area is 194 Å². The van der Waals surface area contributed by atoms with Crippen molar-refractivity contribution >= 4 is 21.5 Å². The van der Waals surface area contributed by atoms with Crippen molar-refractivity contribution in [3.05, 3.63) is 81.2 Å². The van der Waals surface area contributed by atoms with Crippen molar-refractivity contribution in [2.24, 2.45) is 12.8 Å². The van der Waals surface area contributed by atoms with Gasteiger partial charge in [-0.1, -0.05) is 30.3 Å². The van der Waals surface area contributed by atoms with Crippen LogP contribution in [0.3, 0.4) is 0 Å². The van der Waals surface area contributed by atoms with Gasteiger partial charge in [-0.25, -0.2) is 9.49 Å². The first-order valence-electron chi connectivity index (χ1n) is 10.7. The smallest absolute Gasteiger partial charge is 0.272 e. The van der Waals surface area contributed by atoms with Crippen LogP contribution in [0.2, 0.25) is 0 Å². The maximum atomic E-state index is 15.9. The van der Waals surface area contributed by atoms with Crippen molar-refractivity contribution in [1.29, 1.82) is 5.26 Å². The van der Waals surface area contributed by atoms with E-state index in [1.165, 1.54) is 0 Å². The van der Waals surface area contributed by atoms with Crippen LogP contribution in [0.1, 0.15) is 22.4 Å². The molecule has 0 aliphatic rings. The zero-order chi connectivity index (χ0) is 24.1. The number of hydrogen-bond acceptors (Lipinski definition) is 5. The molecule has 0 amide bonds. The third kappa shape index (κ3) is 3.02. The van der Waals surface area contributed by atoms with Crippen molar-refractivity contribution in [3.8, 4) is 28.5 Å². The Hall–Kier alpha value is -4.35. The van der Waals surface area contributed by atoms with Crippen molar-refractivity contribution in [2.75, 3.05) is 0 Å². The van der Waals surface area contributed by atoms with Crippen LogP contribution >= 0.6 is 0 Å². The Balaban J connectivity index is 1.88. The lowest BCUT2D eigenvalue weighted by atomic mass is 9.90. The highest BCUT2D eigenvalue weighted by atomic mass is 19.1. The Morgan fingerprint density at radius 2 is 1.91 bits per heavy atom. The molecule has 5 rings (SSSR count). The van der Waals surface area contributed by atoms with Crippen LogP contribution in [0.4, 0.5) is 4.39 Å². The Morgan fingerprint density at radius 3 is 2.62 bits per heavy atom. The molecular formula is C26H21FN6O. The lowest BCUT2D eigenvalue weighted by Crippen LogP contribution is -2.14. The number of nitriles is 1. The monoisotopic (exact) mass is 452 g/mol. The molecule has 34 heavy (non-hydrogen) atoms. The molecule has 0 spiro atoms. The fourth-order valence-corrected chi connectivity index (χ4v) is 4.72. The highest BCUT2D eigenvalue weighted by Crippen LogP contribution is 2.40. The van der Waals surface area contributed by atoms with E-state index >= 15 is 4.39 Å². The zero-order valence-electron chi connectivity index (χ0n) is 18.9. The van der Waals surface area contributed by atoms with E-state index in [0.717, 1.165) is 11.1 Å². The molecule has 5 aromatic rings. The number of nitrogens with zero attached hydrogens (tertiary/aromatic N) is 4. The van der Waals surface area contributed by atoms with Gasteiger partial charge in [0.2, 0.25) is 0 Å². The van der Waals surface area contributed by atoms with Gasteiger partial charge in [0.25, 0.3) is 5.56 Å². The van der Waals surface area contributed by atoms with Crippen LogP contribution in [0, 0.1) is 31.0 Å². The number of nitrogens with one attached hydrogen (secondary N) is 1. The molecule has 0 bridgehead atoms. The standard InChI is InChI=1S/C26H21FN6O/c1-13-8-15(9-18-21(11-29)31-32-26(34)22(13)18)20-12-30-33(3)25(20)23-19(10-28)17-7-5-4-6-16(17)14(2)24(23)27/h4-9,12H,11,29H2,1-3H3,(H,32,34). The molecule has 7 nitrogen and oxygen atoms in total. The molecular weight excluding hydrogens is 431 g/mol. The molecule has 0 fully saturated rings. The Morgan fingerprint density at radius 1 is 1.18 bits per heavy atom. The van der Waals surface area contributed by atoms with Crippen LogP contribution in [0.15, 0.2) is 47.4 Å². The molecule has 2 aromatic heterocycles. The van der Waals surface area contributed by atoms with Crippen LogP contribution in [-0.2, 0) is 13.6 Å². The van der Waals surface area contributed by atoms with Gasteiger partial charge in [0.05, 0.1) is 34.1 Å². The third-order valence-electron chi connectivity index (χ3n) is 6.36. The lowest BCUT2D eigenvalue weighted by Gasteiger charge is -2.15. The largest absolute Gasteiger partial charge is 0.325 e. The summed E-state index contributed by atoms with van der Waals surface area (Å²) in [5.41, 5.74) is 9.62. The molecule has 3 N–H and O–H groups in total. The van der Waals surface area contributed by atoms with E-state index in [2.05, 4.69) is 21.4 Å². The normalized spacial score (nSPS) is 11.3. The summed E-state index contributed by atoms with van der Waals surface area (Å²) in [7, 11) is 1.72. The summed E-state index contributed by atoms with van der Waals surface area (Å²) < 4.78 is 17.4. The van der Waals surface area contributed by atoms with E-state index in [0.29, 0.717) is 44.1 Å². The van der Waals surface area contributed by atoms with Gasteiger partial charge in [-0.05, 0) is 42.0 Å². The predicted molar refractivity (Wildman–Crippen MR) is 130 cm³/mol. The first kappa shape index (κ1) is 21.5. The van der Waals surface area contributed by atoms with E-state index in [1.807, 2.05) is 43.3 Å². The molecule has 0 unspecified atom stereocenters. The van der Waals surface area contributed by atoms with Crippen LogP contribution in [-0.4, -0.2) is 20.0 Å². The summed E-state index contributed by atoms with van der Waals surface area (Å²) in [6.07, 6.45) is 1.64.